The van der Waals surface area contributed by atoms with Crippen LogP contribution in [0.1, 0.15) is 19.4 Å². The molecule has 1 aliphatic heterocycles. The summed E-state index contributed by atoms with van der Waals surface area (Å²) in [6, 6.07) is 1.71. The Hall–Kier alpha value is -2.26. The second-order valence-electron chi connectivity index (χ2n) is 9.82. The highest BCUT2D eigenvalue weighted by atomic mass is 32.2. The number of nitrogens with zero attached hydrogens (tertiary/aromatic N) is 5. The van der Waals surface area contributed by atoms with Crippen molar-refractivity contribution in [2.75, 3.05) is 49.6 Å². The number of nitrogen functional groups attached to an aromatic ring is 1. The lowest BCUT2D eigenvalue weighted by Crippen LogP contribution is -2.59. The molecule has 11 nitrogen and oxygen atoms in total. The lowest BCUT2D eigenvalue weighted by Gasteiger charge is -2.42. The number of nitrogens with two attached hydrogens (primary N) is 1. The van der Waals surface area contributed by atoms with Gasteiger partial charge in [0.2, 0.25) is 16.0 Å². The summed E-state index contributed by atoms with van der Waals surface area (Å²) in [7, 11) is -7.90. The van der Waals surface area contributed by atoms with Crippen molar-refractivity contribution in [2.45, 2.75) is 42.1 Å². The van der Waals surface area contributed by atoms with E-state index >= 15 is 0 Å². The number of thiophene rings is 1. The van der Waals surface area contributed by atoms with Crippen molar-refractivity contribution in [1.82, 2.24) is 18.6 Å². The number of aromatic nitrogens is 2. The van der Waals surface area contributed by atoms with Gasteiger partial charge in [0, 0.05) is 50.7 Å². The Bertz CT molecular complexity index is 1420. The molecule has 0 radical (unpaired) electrons. The summed E-state index contributed by atoms with van der Waals surface area (Å²) in [5, 5.41) is 9.88. The van der Waals surface area contributed by atoms with Gasteiger partial charge in [-0.05, 0) is 18.1 Å². The average molecular weight is 655 g/mol. The Morgan fingerprint density at radius 1 is 1.07 bits per heavy atom. The first-order valence-electron chi connectivity index (χ1n) is 11.8. The molecule has 2 aromatic rings. The van der Waals surface area contributed by atoms with E-state index in [1.54, 1.807) is 13.8 Å². The molecule has 0 aromatic carbocycles. The molecule has 0 amide bonds. The molecule has 1 aliphatic rings. The van der Waals surface area contributed by atoms with Gasteiger partial charge in [0.25, 0.3) is 15.6 Å². The minimum absolute atomic E-state index is 0.0430. The summed E-state index contributed by atoms with van der Waals surface area (Å²) in [5.41, 5.74) is -1.25. The van der Waals surface area contributed by atoms with Crippen molar-refractivity contribution >= 4 is 42.3 Å². The van der Waals surface area contributed by atoms with Gasteiger partial charge in [0.05, 0.1) is 17.3 Å². The molecule has 41 heavy (non-hydrogen) atoms. The summed E-state index contributed by atoms with van der Waals surface area (Å²) in [6.07, 6.45) is -11.0. The van der Waals surface area contributed by atoms with E-state index in [-0.39, 0.29) is 66.2 Å². The summed E-state index contributed by atoms with van der Waals surface area (Å²) < 4.78 is 133. The summed E-state index contributed by atoms with van der Waals surface area (Å²) in [4.78, 5) is 8.56. The maximum Gasteiger partial charge on any atom is 0.430 e. The number of rotatable bonds is 9. The molecule has 20 heteroatoms. The monoisotopic (exact) mass is 654 g/mol. The predicted octanol–water partition coefficient (Wildman–Crippen LogP) is 2.23. The largest absolute Gasteiger partial charge is 0.430 e. The van der Waals surface area contributed by atoms with Crippen LogP contribution in [0.5, 0.6) is 0 Å². The Balaban J connectivity index is 2.02. The van der Waals surface area contributed by atoms with Crippen LogP contribution in [-0.2, 0) is 25.6 Å². The normalized spacial score (nSPS) is 18.4. The molecule has 1 atom stereocenters. The van der Waals surface area contributed by atoms with Crippen molar-refractivity contribution in [1.29, 1.82) is 0 Å². The van der Waals surface area contributed by atoms with Gasteiger partial charge >= 0.3 is 12.4 Å². The molecular weight excluding hydrogens is 626 g/mol. The minimum atomic E-state index is -6.14. The third kappa shape index (κ3) is 6.87. The number of piperazine rings is 1. The molecule has 0 aliphatic carbocycles. The summed E-state index contributed by atoms with van der Waals surface area (Å²) in [6.45, 7) is 2.55. The van der Waals surface area contributed by atoms with Crippen LogP contribution in [0.25, 0.3) is 0 Å². The lowest BCUT2D eigenvalue weighted by atomic mass is 9.95. The van der Waals surface area contributed by atoms with E-state index in [0.717, 1.165) is 26.2 Å². The van der Waals surface area contributed by atoms with Crippen molar-refractivity contribution < 1.29 is 48.3 Å². The number of halogens is 6. The van der Waals surface area contributed by atoms with Crippen LogP contribution in [0.4, 0.5) is 37.3 Å². The maximum absolute atomic E-state index is 13.3. The van der Waals surface area contributed by atoms with E-state index in [9.17, 15) is 48.3 Å². The van der Waals surface area contributed by atoms with Crippen LogP contribution in [0, 0.1) is 5.92 Å². The van der Waals surface area contributed by atoms with Gasteiger partial charge < -0.3 is 15.7 Å². The fourth-order valence-electron chi connectivity index (χ4n) is 4.20. The van der Waals surface area contributed by atoms with Crippen LogP contribution in [0.3, 0.4) is 0 Å². The molecule has 0 saturated carbocycles. The van der Waals surface area contributed by atoms with Gasteiger partial charge in [0.15, 0.2) is 0 Å². The van der Waals surface area contributed by atoms with Gasteiger partial charge in [0.1, 0.15) is 4.21 Å². The molecule has 1 saturated heterocycles. The van der Waals surface area contributed by atoms with E-state index in [2.05, 4.69) is 9.97 Å². The zero-order chi connectivity index (χ0) is 31.2. The van der Waals surface area contributed by atoms with Gasteiger partial charge in [-0.1, -0.05) is 13.8 Å². The predicted molar refractivity (Wildman–Crippen MR) is 138 cm³/mol. The van der Waals surface area contributed by atoms with Crippen molar-refractivity contribution in [3.05, 3.63) is 30.1 Å². The van der Waals surface area contributed by atoms with Crippen molar-refractivity contribution in [3.8, 4) is 0 Å². The second kappa shape index (κ2) is 11.4. The van der Waals surface area contributed by atoms with Crippen LogP contribution >= 0.6 is 11.3 Å². The highest BCUT2D eigenvalue weighted by Gasteiger charge is 2.71. The van der Waals surface area contributed by atoms with Crippen LogP contribution in [0.15, 0.2) is 28.7 Å². The number of anilines is 2. The molecule has 2 aromatic heterocycles. The number of hydrogen-bond acceptors (Lipinski definition) is 10. The van der Waals surface area contributed by atoms with Crippen LogP contribution < -0.4 is 10.6 Å². The Kier molecular flexibility index (Phi) is 9.27. The van der Waals surface area contributed by atoms with E-state index < -0.39 is 49.6 Å². The van der Waals surface area contributed by atoms with Gasteiger partial charge in [-0.3, -0.25) is 0 Å². The fraction of sp³-hybridized carbons (Fsp3) is 0.619. The minimum Gasteiger partial charge on any atom is -0.391 e. The molecule has 1 unspecified atom stereocenters. The van der Waals surface area contributed by atoms with E-state index in [0.29, 0.717) is 0 Å². The first-order chi connectivity index (χ1) is 18.6. The van der Waals surface area contributed by atoms with Crippen LogP contribution in [-0.4, -0.2) is 97.9 Å². The summed E-state index contributed by atoms with van der Waals surface area (Å²) >= 11 is 0.817. The topological polar surface area (TPSA) is 150 Å². The average Bonchev–Trinajstić information content (AvgIpc) is 3.28. The number of hydrogen-bond donors (Lipinski definition) is 2. The maximum atomic E-state index is 13.3. The third-order valence-corrected chi connectivity index (χ3v) is 10.7. The van der Waals surface area contributed by atoms with Gasteiger partial charge in [-0.2, -0.15) is 35.0 Å². The van der Waals surface area contributed by atoms with Crippen molar-refractivity contribution in [3.63, 3.8) is 0 Å². The highest BCUT2D eigenvalue weighted by molar-refractivity contribution is 7.91. The molecule has 0 bridgehead atoms. The highest BCUT2D eigenvalue weighted by Crippen LogP contribution is 2.49. The Morgan fingerprint density at radius 3 is 2.07 bits per heavy atom. The smallest absolute Gasteiger partial charge is 0.391 e. The molecular formula is C21H28F6N6O5S3. The Morgan fingerprint density at radius 2 is 1.63 bits per heavy atom. The molecule has 3 N–H and O–H groups in total. The quantitative estimate of drug-likeness (QED) is 0.388. The van der Waals surface area contributed by atoms with Crippen LogP contribution in [0.2, 0.25) is 0 Å². The second-order valence-corrected chi connectivity index (χ2v) is 15.1. The third-order valence-electron chi connectivity index (χ3n) is 6.23. The first kappa shape index (κ1) is 33.2. The fourth-order valence-corrected chi connectivity index (χ4v) is 7.92. The van der Waals surface area contributed by atoms with Crippen molar-refractivity contribution in [2.24, 2.45) is 5.92 Å². The van der Waals surface area contributed by atoms with Gasteiger partial charge in [-0.15, -0.1) is 11.3 Å². The number of aliphatic hydroxyl groups is 1. The van der Waals surface area contributed by atoms with E-state index in [1.165, 1.54) is 17.0 Å². The van der Waals surface area contributed by atoms with Gasteiger partial charge in [-0.25, -0.2) is 26.8 Å². The zero-order valence-electron chi connectivity index (χ0n) is 21.9. The molecule has 3 heterocycles. The first-order valence-corrected chi connectivity index (χ1v) is 15.9. The van der Waals surface area contributed by atoms with E-state index in [1.807, 2.05) is 0 Å². The molecule has 0 spiro atoms. The summed E-state index contributed by atoms with van der Waals surface area (Å²) in [5.74, 6) is -0.533. The molecule has 1 fully saturated rings. The SMILES string of the molecule is CC(C)CN(CC1CN(S(=O)(=O)c2ccc(N)s2)CCN1c1ncc(C(O)(C(F)(F)F)C(F)(F)F)cn1)S(C)(=O)=O. The van der Waals surface area contributed by atoms with E-state index in [4.69, 9.17) is 5.73 Å². The molecule has 3 rings (SSSR count). The number of alkyl halides is 6. The zero-order valence-corrected chi connectivity index (χ0v) is 24.3. The molecule has 232 valence electrons. The standard InChI is InChI=1S/C21H28F6N6O5S3/c1-13(2)10-32(40(3,35)36)12-15-11-31(41(37,38)17-5-4-16(28)39-17)6-7-33(15)18-29-8-14(9-30-18)19(34,20(22,23)24)21(25,26)27/h4-5,8-9,13,15,34H,6-7,10-12,28H2,1-3H3. The lowest BCUT2D eigenvalue weighted by molar-refractivity contribution is -0.376. The Labute approximate surface area is 236 Å². The number of sulfonamides is 2.